The number of benzene rings is 1. The van der Waals surface area contributed by atoms with E-state index < -0.39 is 0 Å². The van der Waals surface area contributed by atoms with Gasteiger partial charge in [0.25, 0.3) is 0 Å². The molecule has 3 fully saturated rings. The van der Waals surface area contributed by atoms with Gasteiger partial charge in [-0.1, -0.05) is 25.0 Å². The Morgan fingerprint density at radius 3 is 2.76 bits per heavy atom. The van der Waals surface area contributed by atoms with Crippen LogP contribution in [0.3, 0.4) is 0 Å². The first kappa shape index (κ1) is 24.4. The zero-order valence-electron chi connectivity index (χ0n) is 17.1. The van der Waals surface area contributed by atoms with Crippen molar-refractivity contribution in [3.8, 4) is 0 Å². The van der Waals surface area contributed by atoms with E-state index >= 15 is 0 Å². The number of piperidine rings is 1. The summed E-state index contributed by atoms with van der Waals surface area (Å²) in [7, 11) is 0. The molecule has 164 valence electrons. The van der Waals surface area contributed by atoms with Gasteiger partial charge in [0, 0.05) is 25.4 Å². The summed E-state index contributed by atoms with van der Waals surface area (Å²) in [5.41, 5.74) is 1.96. The molecule has 1 amide bonds. The number of anilines is 1. The highest BCUT2D eigenvalue weighted by atomic mass is 35.5. The van der Waals surface area contributed by atoms with Crippen LogP contribution < -0.4 is 10.6 Å². The number of nitrogens with zero attached hydrogens (tertiary/aromatic N) is 1. The minimum Gasteiger partial charge on any atom is -0.396 e. The Labute approximate surface area is 186 Å². The van der Waals surface area contributed by atoms with Crippen LogP contribution in [0.2, 0.25) is 0 Å². The van der Waals surface area contributed by atoms with Crippen molar-refractivity contribution < 1.29 is 9.90 Å². The van der Waals surface area contributed by atoms with Gasteiger partial charge in [-0.25, -0.2) is 0 Å². The van der Waals surface area contributed by atoms with Crippen LogP contribution in [0.15, 0.2) is 24.3 Å². The number of aliphatic hydroxyl groups is 1. The second kappa shape index (κ2) is 11.0. The monoisotopic (exact) mass is 443 g/mol. The first-order valence-electron chi connectivity index (χ1n) is 10.6. The van der Waals surface area contributed by atoms with Crippen molar-refractivity contribution in [1.29, 1.82) is 0 Å². The summed E-state index contributed by atoms with van der Waals surface area (Å²) in [4.78, 5) is 15.6. The topological polar surface area (TPSA) is 64.6 Å². The van der Waals surface area contributed by atoms with Crippen molar-refractivity contribution in [2.24, 2.45) is 17.3 Å². The summed E-state index contributed by atoms with van der Waals surface area (Å²) in [6.45, 7) is 5.11. The van der Waals surface area contributed by atoms with Crippen LogP contribution >= 0.6 is 24.8 Å². The van der Waals surface area contributed by atoms with Crippen molar-refractivity contribution in [2.75, 3.05) is 38.1 Å². The van der Waals surface area contributed by atoms with Gasteiger partial charge in [-0.05, 0) is 74.8 Å². The van der Waals surface area contributed by atoms with Gasteiger partial charge in [0.05, 0.1) is 5.41 Å². The summed E-state index contributed by atoms with van der Waals surface area (Å²) in [6, 6.07) is 8.34. The summed E-state index contributed by atoms with van der Waals surface area (Å²) >= 11 is 0. The highest BCUT2D eigenvalue weighted by Crippen LogP contribution is 2.44. The lowest BCUT2D eigenvalue weighted by Gasteiger charge is -2.37. The number of carbonyl (C=O) groups excluding carboxylic acids is 1. The minimum absolute atomic E-state index is 0. The van der Waals surface area contributed by atoms with Crippen molar-refractivity contribution in [1.82, 2.24) is 10.2 Å². The fourth-order valence-electron chi connectivity index (χ4n) is 5.28. The molecule has 2 saturated heterocycles. The van der Waals surface area contributed by atoms with E-state index in [9.17, 15) is 9.90 Å². The molecule has 5 nitrogen and oxygen atoms in total. The van der Waals surface area contributed by atoms with Crippen LogP contribution in [0, 0.1) is 17.3 Å². The van der Waals surface area contributed by atoms with Gasteiger partial charge < -0.3 is 15.7 Å². The van der Waals surface area contributed by atoms with Gasteiger partial charge in [-0.2, -0.15) is 0 Å². The van der Waals surface area contributed by atoms with Crippen molar-refractivity contribution in [3.05, 3.63) is 29.8 Å². The number of hydrogen-bond donors (Lipinski definition) is 3. The van der Waals surface area contributed by atoms with Crippen molar-refractivity contribution in [3.63, 3.8) is 0 Å². The molecule has 2 heterocycles. The SMILES string of the molecule is Cl.Cl.O=C(Nc1cccc(CN2CCC(CO)CC2)c1)[C@@]12CCCC[C@H]1CNC2. The maximum absolute atomic E-state index is 13.2. The van der Waals surface area contributed by atoms with Crippen LogP contribution in [-0.2, 0) is 11.3 Å². The van der Waals surface area contributed by atoms with Gasteiger partial charge >= 0.3 is 0 Å². The number of nitrogens with one attached hydrogen (secondary N) is 2. The number of likely N-dealkylation sites (tertiary alicyclic amines) is 1. The molecule has 0 aromatic heterocycles. The molecule has 2 aliphatic heterocycles. The number of rotatable bonds is 5. The summed E-state index contributed by atoms with van der Waals surface area (Å²) < 4.78 is 0. The van der Waals surface area contributed by atoms with E-state index in [1.807, 2.05) is 12.1 Å². The molecule has 0 bridgehead atoms. The van der Waals surface area contributed by atoms with Crippen LogP contribution in [-0.4, -0.2) is 48.7 Å². The standard InChI is InChI=1S/C22H33N3O2.2ClH/c26-15-17-7-10-25(11-8-17)14-18-4-3-6-20(12-18)24-21(27)22-9-2-1-5-19(22)13-23-16-22;;/h3-4,6,12,17,19,23,26H,1-2,5,7-11,13-16H2,(H,24,27);2*1H/t19-,22+;;/m0../s1. The third-order valence-corrected chi connectivity index (χ3v) is 7.05. The summed E-state index contributed by atoms with van der Waals surface area (Å²) in [5.74, 6) is 1.16. The van der Waals surface area contributed by atoms with E-state index in [-0.39, 0.29) is 36.1 Å². The van der Waals surface area contributed by atoms with Crippen molar-refractivity contribution >= 4 is 36.4 Å². The maximum atomic E-state index is 13.2. The molecule has 7 heteroatoms. The predicted molar refractivity (Wildman–Crippen MR) is 122 cm³/mol. The fourth-order valence-corrected chi connectivity index (χ4v) is 5.28. The molecule has 3 aliphatic rings. The summed E-state index contributed by atoms with van der Waals surface area (Å²) in [5, 5.41) is 16.0. The summed E-state index contributed by atoms with van der Waals surface area (Å²) in [6.07, 6.45) is 6.74. The lowest BCUT2D eigenvalue weighted by atomic mass is 9.67. The van der Waals surface area contributed by atoms with E-state index in [0.717, 1.165) is 64.1 Å². The van der Waals surface area contributed by atoms with Gasteiger partial charge in [0.15, 0.2) is 0 Å². The van der Waals surface area contributed by atoms with Gasteiger partial charge in [-0.3, -0.25) is 9.69 Å². The normalized spacial score (nSPS) is 27.4. The molecular formula is C22H35Cl2N3O2. The lowest BCUT2D eigenvalue weighted by Crippen LogP contribution is -2.44. The van der Waals surface area contributed by atoms with E-state index in [1.54, 1.807) is 0 Å². The van der Waals surface area contributed by atoms with Gasteiger partial charge in [0.1, 0.15) is 0 Å². The Morgan fingerprint density at radius 2 is 2.00 bits per heavy atom. The molecule has 0 unspecified atom stereocenters. The second-order valence-electron chi connectivity index (χ2n) is 8.79. The lowest BCUT2D eigenvalue weighted by molar-refractivity contribution is -0.128. The first-order valence-corrected chi connectivity index (χ1v) is 10.6. The average Bonchev–Trinajstić information content (AvgIpc) is 3.14. The number of halogens is 2. The zero-order chi connectivity index (χ0) is 18.7. The third-order valence-electron chi connectivity index (χ3n) is 7.05. The van der Waals surface area contributed by atoms with Crippen LogP contribution in [0.25, 0.3) is 0 Å². The van der Waals surface area contributed by atoms with Crippen LogP contribution in [0.4, 0.5) is 5.69 Å². The molecule has 4 rings (SSSR count). The molecule has 3 N–H and O–H groups in total. The first-order chi connectivity index (χ1) is 13.2. The Kier molecular flexibility index (Phi) is 9.23. The highest BCUT2D eigenvalue weighted by Gasteiger charge is 2.49. The number of aliphatic hydroxyl groups excluding tert-OH is 1. The third kappa shape index (κ3) is 5.45. The number of hydrogen-bond acceptors (Lipinski definition) is 4. The Morgan fingerprint density at radius 1 is 1.21 bits per heavy atom. The number of fused-ring (bicyclic) bond motifs is 1. The molecule has 1 aromatic rings. The molecule has 1 aromatic carbocycles. The highest BCUT2D eigenvalue weighted by molar-refractivity contribution is 5.96. The average molecular weight is 444 g/mol. The minimum atomic E-state index is -0.208. The Hall–Kier alpha value is -0.850. The molecule has 2 atom stereocenters. The maximum Gasteiger partial charge on any atom is 0.232 e. The van der Waals surface area contributed by atoms with Crippen molar-refractivity contribution in [2.45, 2.75) is 45.1 Å². The van der Waals surface area contributed by atoms with E-state index in [2.05, 4.69) is 27.7 Å². The van der Waals surface area contributed by atoms with Gasteiger partial charge in [0.2, 0.25) is 5.91 Å². The number of carbonyl (C=O) groups is 1. The predicted octanol–water partition coefficient (Wildman–Crippen LogP) is 3.45. The van der Waals surface area contributed by atoms with E-state index in [0.29, 0.717) is 18.4 Å². The van der Waals surface area contributed by atoms with E-state index in [1.165, 1.54) is 18.4 Å². The molecule has 29 heavy (non-hydrogen) atoms. The largest absolute Gasteiger partial charge is 0.396 e. The molecular weight excluding hydrogens is 409 g/mol. The van der Waals surface area contributed by atoms with Crippen LogP contribution in [0.5, 0.6) is 0 Å². The fraction of sp³-hybridized carbons (Fsp3) is 0.682. The number of amides is 1. The quantitative estimate of drug-likeness (QED) is 0.651. The Balaban J connectivity index is 0.00000150. The Bertz CT molecular complexity index is 667. The van der Waals surface area contributed by atoms with E-state index in [4.69, 9.17) is 0 Å². The molecule has 0 radical (unpaired) electrons. The smallest absolute Gasteiger partial charge is 0.232 e. The second-order valence-corrected chi connectivity index (χ2v) is 8.79. The molecule has 1 saturated carbocycles. The molecule has 1 aliphatic carbocycles. The van der Waals surface area contributed by atoms with Gasteiger partial charge in [-0.15, -0.1) is 24.8 Å². The zero-order valence-corrected chi connectivity index (χ0v) is 18.7. The van der Waals surface area contributed by atoms with Crippen LogP contribution in [0.1, 0.15) is 44.1 Å². The molecule has 0 spiro atoms.